The van der Waals surface area contributed by atoms with Gasteiger partial charge in [0.15, 0.2) is 0 Å². The molecular weight excluding hydrogens is 486 g/mol. The zero-order chi connectivity index (χ0) is 26.7. The standard InChI is InChI=1S/C29H33N3O6/c1-20-25(28(33)37-13-5-9-22-7-3-11-30-17-22)27(24-19-35-15-16-36-24)26(21(2)32-20)29(34)38-14-6-10-23-8-4-12-31-18-23/h3-4,7-8,11-12,17-19,27,32H,5-6,9-10,13-16H2,1-2H3. The molecule has 0 atom stereocenters. The second-order valence-electron chi connectivity index (χ2n) is 9.08. The highest BCUT2D eigenvalue weighted by molar-refractivity contribution is 5.98. The quantitative estimate of drug-likeness (QED) is 0.350. The fraction of sp³-hybridized carbons (Fsp3) is 0.379. The molecule has 0 saturated carbocycles. The Bertz CT molecular complexity index is 1130. The Kier molecular flexibility index (Phi) is 9.50. The number of aryl methyl sites for hydroxylation is 2. The summed E-state index contributed by atoms with van der Waals surface area (Å²) < 4.78 is 22.6. The maximum Gasteiger partial charge on any atom is 0.336 e. The topological polar surface area (TPSA) is 109 Å². The molecule has 4 rings (SSSR count). The van der Waals surface area contributed by atoms with Crippen molar-refractivity contribution in [1.29, 1.82) is 0 Å². The van der Waals surface area contributed by atoms with Crippen LogP contribution in [-0.4, -0.2) is 48.3 Å². The number of allylic oxidation sites excluding steroid dienone is 3. The van der Waals surface area contributed by atoms with Gasteiger partial charge >= 0.3 is 11.9 Å². The normalized spacial score (nSPS) is 15.7. The molecule has 9 nitrogen and oxygen atoms in total. The van der Waals surface area contributed by atoms with Crippen LogP contribution in [-0.2, 0) is 41.4 Å². The van der Waals surface area contributed by atoms with Crippen molar-refractivity contribution in [2.75, 3.05) is 26.4 Å². The fourth-order valence-corrected chi connectivity index (χ4v) is 4.48. The van der Waals surface area contributed by atoms with Crippen molar-refractivity contribution in [3.63, 3.8) is 0 Å². The van der Waals surface area contributed by atoms with E-state index in [0.717, 1.165) is 24.0 Å². The molecule has 38 heavy (non-hydrogen) atoms. The van der Waals surface area contributed by atoms with Crippen LogP contribution in [0.5, 0.6) is 0 Å². The van der Waals surface area contributed by atoms with Gasteiger partial charge in [-0.1, -0.05) is 12.1 Å². The van der Waals surface area contributed by atoms with Crippen molar-refractivity contribution >= 4 is 11.9 Å². The average Bonchev–Trinajstić information content (AvgIpc) is 2.94. The lowest BCUT2D eigenvalue weighted by Gasteiger charge is -2.32. The number of nitrogens with zero attached hydrogens (tertiary/aromatic N) is 2. The van der Waals surface area contributed by atoms with E-state index in [4.69, 9.17) is 18.9 Å². The monoisotopic (exact) mass is 519 g/mol. The molecule has 9 heteroatoms. The number of aromatic nitrogens is 2. The first-order chi connectivity index (χ1) is 18.5. The molecule has 0 aliphatic carbocycles. The van der Waals surface area contributed by atoms with Crippen LogP contribution in [0, 0.1) is 5.92 Å². The molecule has 0 bridgehead atoms. The summed E-state index contributed by atoms with van der Waals surface area (Å²) in [6.07, 6.45) is 11.3. The Labute approximate surface area is 222 Å². The molecule has 0 saturated heterocycles. The number of nitrogens with one attached hydrogen (secondary N) is 1. The highest BCUT2D eigenvalue weighted by Gasteiger charge is 2.41. The summed E-state index contributed by atoms with van der Waals surface area (Å²) in [6.45, 7) is 4.72. The van der Waals surface area contributed by atoms with Crippen molar-refractivity contribution in [2.45, 2.75) is 39.5 Å². The van der Waals surface area contributed by atoms with Crippen LogP contribution in [0.1, 0.15) is 37.8 Å². The van der Waals surface area contributed by atoms with Crippen LogP contribution in [0.15, 0.2) is 83.6 Å². The van der Waals surface area contributed by atoms with Gasteiger partial charge in [0.2, 0.25) is 0 Å². The smallest absolute Gasteiger partial charge is 0.336 e. The Morgan fingerprint density at radius 2 is 1.45 bits per heavy atom. The van der Waals surface area contributed by atoms with Crippen LogP contribution in [0.3, 0.4) is 0 Å². The van der Waals surface area contributed by atoms with Crippen molar-refractivity contribution in [3.05, 3.63) is 94.7 Å². The highest BCUT2D eigenvalue weighted by Crippen LogP contribution is 2.37. The van der Waals surface area contributed by atoms with E-state index in [9.17, 15) is 9.59 Å². The lowest BCUT2D eigenvalue weighted by Crippen LogP contribution is -2.36. The molecule has 0 unspecified atom stereocenters. The molecule has 2 aliphatic heterocycles. The van der Waals surface area contributed by atoms with Crippen LogP contribution in [0.2, 0.25) is 0 Å². The van der Waals surface area contributed by atoms with Gasteiger partial charge in [-0.05, 0) is 62.8 Å². The third kappa shape index (κ3) is 7.00. The minimum absolute atomic E-state index is 0.227. The van der Waals surface area contributed by atoms with Gasteiger partial charge in [0.25, 0.3) is 0 Å². The first-order valence-electron chi connectivity index (χ1n) is 12.8. The SMILES string of the molecule is CC1=C(C(=O)OCCCc2cccnc2)C(C2=COCCO2)C(C(=O)OCCCc2cccnc2)=C(C)N1. The summed E-state index contributed by atoms with van der Waals surface area (Å²) in [5, 5.41) is 3.16. The van der Waals surface area contributed by atoms with Crippen LogP contribution in [0.4, 0.5) is 0 Å². The fourth-order valence-electron chi connectivity index (χ4n) is 4.48. The zero-order valence-electron chi connectivity index (χ0n) is 21.8. The molecule has 0 aromatic carbocycles. The number of dihydropyridines is 1. The van der Waals surface area contributed by atoms with Gasteiger partial charge in [0, 0.05) is 36.2 Å². The Morgan fingerprint density at radius 1 is 0.895 bits per heavy atom. The molecule has 2 aliphatic rings. The van der Waals surface area contributed by atoms with Gasteiger partial charge in [0.05, 0.1) is 30.3 Å². The molecule has 0 amide bonds. The van der Waals surface area contributed by atoms with Crippen molar-refractivity contribution in [3.8, 4) is 0 Å². The van der Waals surface area contributed by atoms with Gasteiger partial charge in [-0.25, -0.2) is 9.59 Å². The van der Waals surface area contributed by atoms with E-state index in [1.54, 1.807) is 38.6 Å². The molecule has 2 aromatic rings. The molecule has 0 spiro atoms. The lowest BCUT2D eigenvalue weighted by atomic mass is 9.84. The summed E-state index contributed by atoms with van der Waals surface area (Å²) in [5.41, 5.74) is 3.93. The summed E-state index contributed by atoms with van der Waals surface area (Å²) in [4.78, 5) is 34.9. The summed E-state index contributed by atoms with van der Waals surface area (Å²) in [6, 6.07) is 7.72. The van der Waals surface area contributed by atoms with E-state index in [-0.39, 0.29) is 13.2 Å². The Morgan fingerprint density at radius 3 is 1.89 bits per heavy atom. The van der Waals surface area contributed by atoms with E-state index in [1.807, 2.05) is 24.3 Å². The predicted molar refractivity (Wildman–Crippen MR) is 139 cm³/mol. The first-order valence-corrected chi connectivity index (χ1v) is 12.8. The number of ether oxygens (including phenoxy) is 4. The summed E-state index contributed by atoms with van der Waals surface area (Å²) >= 11 is 0. The second kappa shape index (κ2) is 13.4. The minimum atomic E-state index is -0.798. The van der Waals surface area contributed by atoms with E-state index < -0.39 is 17.9 Å². The summed E-state index contributed by atoms with van der Waals surface area (Å²) in [5.74, 6) is -1.46. The molecule has 4 heterocycles. The number of esters is 2. The van der Waals surface area contributed by atoms with Gasteiger partial charge in [-0.15, -0.1) is 0 Å². The number of hydrogen-bond acceptors (Lipinski definition) is 9. The molecule has 200 valence electrons. The van der Waals surface area contributed by atoms with Gasteiger partial charge in [0.1, 0.15) is 25.2 Å². The largest absolute Gasteiger partial charge is 0.494 e. The van der Waals surface area contributed by atoms with Crippen LogP contribution >= 0.6 is 0 Å². The Balaban J connectivity index is 1.44. The van der Waals surface area contributed by atoms with Crippen molar-refractivity contribution in [1.82, 2.24) is 15.3 Å². The highest BCUT2D eigenvalue weighted by atomic mass is 16.6. The number of rotatable bonds is 11. The van der Waals surface area contributed by atoms with Gasteiger partial charge in [-0.3, -0.25) is 9.97 Å². The molecule has 0 fully saturated rings. The second-order valence-corrected chi connectivity index (χ2v) is 9.08. The molecular formula is C29H33N3O6. The van der Waals surface area contributed by atoms with Gasteiger partial charge < -0.3 is 24.3 Å². The number of pyridine rings is 2. The number of hydrogen-bond donors (Lipinski definition) is 1. The predicted octanol–water partition coefficient (Wildman–Crippen LogP) is 3.78. The number of carbonyl (C=O) groups is 2. The third-order valence-electron chi connectivity index (χ3n) is 6.29. The first kappa shape index (κ1) is 26.9. The Hall–Kier alpha value is -4.14. The molecule has 1 N–H and O–H groups in total. The molecule has 0 radical (unpaired) electrons. The van der Waals surface area contributed by atoms with E-state index in [1.165, 1.54) is 6.26 Å². The maximum absolute atomic E-state index is 13.3. The van der Waals surface area contributed by atoms with E-state index >= 15 is 0 Å². The average molecular weight is 520 g/mol. The van der Waals surface area contributed by atoms with E-state index in [0.29, 0.717) is 54.4 Å². The van der Waals surface area contributed by atoms with Crippen LogP contribution in [0.25, 0.3) is 0 Å². The summed E-state index contributed by atoms with van der Waals surface area (Å²) in [7, 11) is 0. The third-order valence-corrected chi connectivity index (χ3v) is 6.29. The van der Waals surface area contributed by atoms with Crippen molar-refractivity contribution < 1.29 is 28.5 Å². The van der Waals surface area contributed by atoms with Crippen molar-refractivity contribution in [2.24, 2.45) is 5.92 Å². The van der Waals surface area contributed by atoms with Gasteiger partial charge in [-0.2, -0.15) is 0 Å². The zero-order valence-corrected chi connectivity index (χ0v) is 21.8. The van der Waals surface area contributed by atoms with E-state index in [2.05, 4.69) is 15.3 Å². The maximum atomic E-state index is 13.3. The molecule has 2 aromatic heterocycles. The van der Waals surface area contributed by atoms with Crippen LogP contribution < -0.4 is 5.32 Å². The lowest BCUT2D eigenvalue weighted by molar-refractivity contribution is -0.140. The number of carbonyl (C=O) groups excluding carboxylic acids is 2. The minimum Gasteiger partial charge on any atom is -0.494 e.